The van der Waals surface area contributed by atoms with Gasteiger partial charge in [0.15, 0.2) is 17.8 Å². The molecule has 0 N–H and O–H groups in total. The summed E-state index contributed by atoms with van der Waals surface area (Å²) in [6, 6.07) is 3.91. The number of likely N-dealkylation sites (tertiary alicyclic amines) is 1. The monoisotopic (exact) mass is 244 g/mol. The molecule has 94 valence electrons. The molecule has 5 nitrogen and oxygen atoms in total. The molecule has 1 atom stereocenters. The molecule has 3 rings (SSSR count). The zero-order chi connectivity index (χ0) is 12.5. The van der Waals surface area contributed by atoms with Gasteiger partial charge in [0.25, 0.3) is 0 Å². The van der Waals surface area contributed by atoms with Gasteiger partial charge in [-0.05, 0) is 38.6 Å². The van der Waals surface area contributed by atoms with E-state index in [0.717, 1.165) is 30.7 Å². The van der Waals surface area contributed by atoms with Gasteiger partial charge in [-0.1, -0.05) is 6.42 Å². The maximum Gasteiger partial charge on any atom is 0.160 e. The number of rotatable bonds is 2. The molecule has 3 heterocycles. The fraction of sp³-hybridized carbons (Fsp3) is 0.462. The highest BCUT2D eigenvalue weighted by Crippen LogP contribution is 2.28. The smallest absolute Gasteiger partial charge is 0.160 e. The summed E-state index contributed by atoms with van der Waals surface area (Å²) in [4.78, 5) is 13.2. The average Bonchev–Trinajstić information content (AvgIpc) is 2.82. The Kier molecular flexibility index (Phi) is 2.83. The first-order valence-electron chi connectivity index (χ1n) is 6.29. The lowest BCUT2D eigenvalue weighted by Gasteiger charge is -2.31. The van der Waals surface area contributed by atoms with Crippen LogP contribution in [0.3, 0.4) is 0 Å². The topological polar surface area (TPSA) is 50.5 Å². The van der Waals surface area contributed by atoms with Crippen LogP contribution in [0.4, 0.5) is 0 Å². The molecule has 1 fully saturated rings. The average molecular weight is 244 g/mol. The molecule has 1 saturated heterocycles. The molecule has 2 aromatic heterocycles. The molecule has 0 saturated carbocycles. The van der Waals surface area contributed by atoms with Crippen LogP contribution in [0, 0.1) is 0 Å². The van der Waals surface area contributed by atoms with Crippen molar-refractivity contribution in [3.63, 3.8) is 0 Å². The fourth-order valence-electron chi connectivity index (χ4n) is 2.62. The van der Waals surface area contributed by atoms with Crippen molar-refractivity contribution in [3.05, 3.63) is 29.7 Å². The van der Waals surface area contributed by atoms with Crippen LogP contribution in [-0.4, -0.2) is 39.4 Å². The van der Waals surface area contributed by atoms with Crippen molar-refractivity contribution in [2.24, 2.45) is 0 Å². The van der Waals surface area contributed by atoms with Gasteiger partial charge in [-0.25, -0.2) is 0 Å². The van der Waals surface area contributed by atoms with Gasteiger partial charge < -0.3 is 0 Å². The Bertz CT molecular complexity index is 577. The van der Waals surface area contributed by atoms with E-state index in [1.165, 1.54) is 12.8 Å². The standard InChI is InChI=1S/C13H16N4O/c1-16-7-3-2-4-11(16)13-15-14-12-6-5-10(9-18)8-17(12)13/h5-6,8-9,11H,2-4,7H2,1H3. The van der Waals surface area contributed by atoms with E-state index in [-0.39, 0.29) is 0 Å². The highest BCUT2D eigenvalue weighted by Gasteiger charge is 2.25. The Morgan fingerprint density at radius 3 is 3.00 bits per heavy atom. The zero-order valence-corrected chi connectivity index (χ0v) is 10.4. The summed E-state index contributed by atoms with van der Waals surface area (Å²) in [6.45, 7) is 1.09. The zero-order valence-electron chi connectivity index (χ0n) is 10.4. The van der Waals surface area contributed by atoms with E-state index in [0.29, 0.717) is 11.6 Å². The maximum atomic E-state index is 10.9. The predicted molar refractivity (Wildman–Crippen MR) is 67.6 cm³/mol. The van der Waals surface area contributed by atoms with Crippen LogP contribution >= 0.6 is 0 Å². The molecule has 2 aromatic rings. The van der Waals surface area contributed by atoms with Crippen LogP contribution in [0.25, 0.3) is 5.65 Å². The number of aromatic nitrogens is 3. The van der Waals surface area contributed by atoms with Crippen LogP contribution in [0.5, 0.6) is 0 Å². The number of carbonyl (C=O) groups is 1. The van der Waals surface area contributed by atoms with Gasteiger partial charge in [-0.15, -0.1) is 10.2 Å². The van der Waals surface area contributed by atoms with Gasteiger partial charge in [-0.3, -0.25) is 14.1 Å². The number of fused-ring (bicyclic) bond motifs is 1. The summed E-state index contributed by atoms with van der Waals surface area (Å²) < 4.78 is 1.94. The first-order valence-corrected chi connectivity index (χ1v) is 6.29. The van der Waals surface area contributed by atoms with Crippen molar-refractivity contribution in [1.82, 2.24) is 19.5 Å². The van der Waals surface area contributed by atoms with Crippen molar-refractivity contribution in [1.29, 1.82) is 0 Å². The Balaban J connectivity index is 2.07. The molecule has 0 aliphatic carbocycles. The number of piperidine rings is 1. The van der Waals surface area contributed by atoms with Crippen LogP contribution in [0.15, 0.2) is 18.3 Å². The van der Waals surface area contributed by atoms with Crippen molar-refractivity contribution in [2.45, 2.75) is 25.3 Å². The lowest BCUT2D eigenvalue weighted by molar-refractivity contribution is 0.112. The first kappa shape index (κ1) is 11.3. The third-order valence-corrected chi connectivity index (χ3v) is 3.66. The number of hydrogen-bond donors (Lipinski definition) is 0. The van der Waals surface area contributed by atoms with Crippen molar-refractivity contribution >= 4 is 11.9 Å². The Hall–Kier alpha value is -1.75. The minimum absolute atomic E-state index is 0.302. The second-order valence-electron chi connectivity index (χ2n) is 4.86. The van der Waals surface area contributed by atoms with E-state index in [2.05, 4.69) is 22.1 Å². The number of aldehydes is 1. The lowest BCUT2D eigenvalue weighted by atomic mass is 10.0. The number of nitrogens with zero attached hydrogens (tertiary/aromatic N) is 4. The quantitative estimate of drug-likeness (QED) is 0.754. The minimum Gasteiger partial charge on any atom is -0.298 e. The highest BCUT2D eigenvalue weighted by molar-refractivity contribution is 5.74. The van der Waals surface area contributed by atoms with Gasteiger partial charge in [0.05, 0.1) is 6.04 Å². The summed E-state index contributed by atoms with van der Waals surface area (Å²) in [7, 11) is 2.12. The first-order chi connectivity index (χ1) is 8.79. The van der Waals surface area contributed by atoms with Crippen LogP contribution < -0.4 is 0 Å². The molecule has 1 aliphatic heterocycles. The predicted octanol–water partition coefficient (Wildman–Crippen LogP) is 1.70. The Labute approximate surface area is 105 Å². The largest absolute Gasteiger partial charge is 0.298 e. The van der Waals surface area contributed by atoms with Gasteiger partial charge in [0, 0.05) is 11.8 Å². The van der Waals surface area contributed by atoms with E-state index in [1.807, 2.05) is 16.7 Å². The van der Waals surface area contributed by atoms with Crippen molar-refractivity contribution in [3.8, 4) is 0 Å². The molecule has 1 aliphatic rings. The van der Waals surface area contributed by atoms with Crippen molar-refractivity contribution < 1.29 is 4.79 Å². The second kappa shape index (κ2) is 4.49. The van der Waals surface area contributed by atoms with E-state index < -0.39 is 0 Å². The van der Waals surface area contributed by atoms with Crippen LogP contribution in [0.2, 0.25) is 0 Å². The minimum atomic E-state index is 0.302. The number of carbonyl (C=O) groups excluding carboxylic acids is 1. The second-order valence-corrected chi connectivity index (χ2v) is 4.86. The third-order valence-electron chi connectivity index (χ3n) is 3.66. The number of hydrogen-bond acceptors (Lipinski definition) is 4. The summed E-state index contributed by atoms with van der Waals surface area (Å²) in [6.07, 6.45) is 6.23. The van der Waals surface area contributed by atoms with E-state index >= 15 is 0 Å². The molecule has 5 heteroatoms. The molecule has 1 unspecified atom stereocenters. The fourth-order valence-corrected chi connectivity index (χ4v) is 2.62. The molecule has 0 radical (unpaired) electrons. The molecule has 18 heavy (non-hydrogen) atoms. The molecule has 0 bridgehead atoms. The van der Waals surface area contributed by atoms with Gasteiger partial charge in [-0.2, -0.15) is 0 Å². The lowest BCUT2D eigenvalue weighted by Crippen LogP contribution is -2.30. The summed E-state index contributed by atoms with van der Waals surface area (Å²) in [5.74, 6) is 0.941. The summed E-state index contributed by atoms with van der Waals surface area (Å²) >= 11 is 0. The van der Waals surface area contributed by atoms with Crippen LogP contribution in [-0.2, 0) is 0 Å². The Morgan fingerprint density at radius 2 is 2.22 bits per heavy atom. The van der Waals surface area contributed by atoms with Gasteiger partial charge >= 0.3 is 0 Å². The van der Waals surface area contributed by atoms with Gasteiger partial charge in [0.2, 0.25) is 0 Å². The maximum absolute atomic E-state index is 10.9. The third kappa shape index (κ3) is 1.80. The van der Waals surface area contributed by atoms with Crippen LogP contribution in [0.1, 0.15) is 41.5 Å². The van der Waals surface area contributed by atoms with E-state index in [9.17, 15) is 4.79 Å². The highest BCUT2D eigenvalue weighted by atomic mass is 16.1. The number of pyridine rings is 1. The summed E-state index contributed by atoms with van der Waals surface area (Å²) in [5.41, 5.74) is 1.46. The Morgan fingerprint density at radius 1 is 1.33 bits per heavy atom. The van der Waals surface area contributed by atoms with E-state index in [4.69, 9.17) is 0 Å². The molecule has 0 spiro atoms. The molecule has 0 aromatic carbocycles. The van der Waals surface area contributed by atoms with E-state index in [1.54, 1.807) is 6.07 Å². The molecular weight excluding hydrogens is 228 g/mol. The molecular formula is C13H16N4O. The van der Waals surface area contributed by atoms with Crippen molar-refractivity contribution in [2.75, 3.05) is 13.6 Å². The normalized spacial score (nSPS) is 21.3. The molecule has 0 amide bonds. The summed E-state index contributed by atoms with van der Waals surface area (Å²) in [5, 5.41) is 8.47. The SMILES string of the molecule is CN1CCCCC1c1nnc2ccc(C=O)cn12. The van der Waals surface area contributed by atoms with Gasteiger partial charge in [0.1, 0.15) is 0 Å².